The molecule has 0 saturated carbocycles. The Hall–Kier alpha value is -0.560. The molecule has 2 heteroatoms. The minimum absolute atomic E-state index is 0.296. The summed E-state index contributed by atoms with van der Waals surface area (Å²) in [7, 11) is 0. The van der Waals surface area contributed by atoms with Gasteiger partial charge in [-0.15, -0.1) is 0 Å². The lowest BCUT2D eigenvalue weighted by atomic mass is 9.86. The molecule has 1 rings (SSSR count). The van der Waals surface area contributed by atoms with Crippen molar-refractivity contribution in [3.63, 3.8) is 0 Å². The predicted molar refractivity (Wildman–Crippen MR) is 51.1 cm³/mol. The summed E-state index contributed by atoms with van der Waals surface area (Å²) in [6.07, 6.45) is 4.68. The maximum atomic E-state index is 10.8. The van der Waals surface area contributed by atoms with Gasteiger partial charge in [-0.05, 0) is 43.7 Å². The Morgan fingerprint density at radius 2 is 2.42 bits per heavy atom. The van der Waals surface area contributed by atoms with Crippen LogP contribution in [0.5, 0.6) is 0 Å². The van der Waals surface area contributed by atoms with E-state index in [1.807, 2.05) is 13.0 Å². The first-order chi connectivity index (χ1) is 5.61. The molecule has 1 atom stereocenters. The molecule has 0 aliphatic heterocycles. The molecule has 1 nitrogen and oxygen atoms in total. The normalized spacial score (nSPS) is 23.2. The van der Waals surface area contributed by atoms with Crippen molar-refractivity contribution in [3.05, 3.63) is 23.8 Å². The van der Waals surface area contributed by atoms with Crippen molar-refractivity contribution in [1.82, 2.24) is 0 Å². The molecule has 0 bridgehead atoms. The minimum Gasteiger partial charge on any atom is -0.276 e. The van der Waals surface area contributed by atoms with Crippen molar-refractivity contribution >= 4 is 16.8 Å². The summed E-state index contributed by atoms with van der Waals surface area (Å²) < 4.78 is 0. The lowest BCUT2D eigenvalue weighted by Gasteiger charge is -2.20. The first kappa shape index (κ1) is 9.53. The van der Waals surface area contributed by atoms with Crippen LogP contribution in [-0.4, -0.2) is 5.24 Å². The fourth-order valence-electron chi connectivity index (χ4n) is 1.46. The molecule has 0 N–H and O–H groups in total. The van der Waals surface area contributed by atoms with Crippen LogP contribution in [-0.2, 0) is 4.79 Å². The fraction of sp³-hybridized carbons (Fsp3) is 0.500. The zero-order valence-corrected chi connectivity index (χ0v) is 8.03. The maximum Gasteiger partial charge on any atom is 0.248 e. The molecule has 0 aromatic carbocycles. The number of hydrogen-bond acceptors (Lipinski definition) is 1. The molecule has 12 heavy (non-hydrogen) atoms. The van der Waals surface area contributed by atoms with Gasteiger partial charge in [0.2, 0.25) is 5.24 Å². The first-order valence-electron chi connectivity index (χ1n) is 4.15. The Labute approximate surface area is 78.1 Å². The molecule has 1 aliphatic rings. The SMILES string of the molecule is C=C(C)C1CC=C(C(=O)Cl)CC1. The van der Waals surface area contributed by atoms with E-state index in [-0.39, 0.29) is 5.24 Å². The van der Waals surface area contributed by atoms with Gasteiger partial charge in [0.1, 0.15) is 0 Å². The van der Waals surface area contributed by atoms with Gasteiger partial charge in [0.25, 0.3) is 0 Å². The topological polar surface area (TPSA) is 17.1 Å². The van der Waals surface area contributed by atoms with Crippen LogP contribution in [0, 0.1) is 5.92 Å². The van der Waals surface area contributed by atoms with E-state index in [2.05, 4.69) is 6.58 Å². The van der Waals surface area contributed by atoms with Crippen LogP contribution in [0.1, 0.15) is 26.2 Å². The average molecular weight is 185 g/mol. The molecule has 0 heterocycles. The summed E-state index contributed by atoms with van der Waals surface area (Å²) in [5.41, 5.74) is 1.97. The van der Waals surface area contributed by atoms with Gasteiger partial charge < -0.3 is 0 Å². The van der Waals surface area contributed by atoms with Crippen LogP contribution in [0.25, 0.3) is 0 Å². The molecule has 0 spiro atoms. The van der Waals surface area contributed by atoms with Crippen molar-refractivity contribution in [1.29, 1.82) is 0 Å². The second kappa shape index (κ2) is 3.90. The Bertz CT molecular complexity index is 240. The summed E-state index contributed by atoms with van der Waals surface area (Å²) in [5, 5.41) is -0.296. The van der Waals surface area contributed by atoms with Gasteiger partial charge >= 0.3 is 0 Å². The highest BCUT2D eigenvalue weighted by Gasteiger charge is 2.17. The molecule has 66 valence electrons. The molecule has 0 aromatic rings. The standard InChI is InChI=1S/C10H13ClO/c1-7(2)8-3-5-9(6-4-8)10(11)12/h5,8H,1,3-4,6H2,2H3. The first-order valence-corrected chi connectivity index (χ1v) is 4.53. The van der Waals surface area contributed by atoms with E-state index < -0.39 is 0 Å². The van der Waals surface area contributed by atoms with Crippen LogP contribution in [0.15, 0.2) is 23.8 Å². The van der Waals surface area contributed by atoms with E-state index in [0.29, 0.717) is 5.92 Å². The van der Waals surface area contributed by atoms with Crippen molar-refractivity contribution < 1.29 is 4.79 Å². The largest absolute Gasteiger partial charge is 0.276 e. The second-order valence-electron chi connectivity index (χ2n) is 3.32. The third kappa shape index (κ3) is 2.21. The van der Waals surface area contributed by atoms with Crippen molar-refractivity contribution in [2.45, 2.75) is 26.2 Å². The van der Waals surface area contributed by atoms with Crippen LogP contribution >= 0.6 is 11.6 Å². The quantitative estimate of drug-likeness (QED) is 0.476. The molecular weight excluding hydrogens is 172 g/mol. The monoisotopic (exact) mass is 184 g/mol. The highest BCUT2D eigenvalue weighted by molar-refractivity contribution is 6.67. The predicted octanol–water partition coefficient (Wildman–Crippen LogP) is 3.05. The van der Waals surface area contributed by atoms with Gasteiger partial charge in [-0.1, -0.05) is 18.2 Å². The number of allylic oxidation sites excluding steroid dienone is 3. The van der Waals surface area contributed by atoms with Crippen molar-refractivity contribution in [2.75, 3.05) is 0 Å². The Morgan fingerprint density at radius 3 is 2.75 bits per heavy atom. The molecule has 1 unspecified atom stereocenters. The molecule has 0 fully saturated rings. The third-order valence-corrected chi connectivity index (χ3v) is 2.60. The molecule has 0 saturated heterocycles. The smallest absolute Gasteiger partial charge is 0.248 e. The maximum absolute atomic E-state index is 10.8. The summed E-state index contributed by atoms with van der Waals surface area (Å²) in [5.74, 6) is 0.546. The molecule has 0 radical (unpaired) electrons. The lowest BCUT2D eigenvalue weighted by molar-refractivity contribution is -0.108. The van der Waals surface area contributed by atoms with E-state index in [1.165, 1.54) is 5.57 Å². The zero-order valence-electron chi connectivity index (χ0n) is 7.27. The van der Waals surface area contributed by atoms with E-state index >= 15 is 0 Å². The van der Waals surface area contributed by atoms with Gasteiger partial charge in [-0.2, -0.15) is 0 Å². The van der Waals surface area contributed by atoms with E-state index in [4.69, 9.17) is 11.6 Å². The minimum atomic E-state index is -0.296. The van der Waals surface area contributed by atoms with Gasteiger partial charge in [-0.25, -0.2) is 0 Å². The Balaban J connectivity index is 2.59. The number of carbonyl (C=O) groups is 1. The third-order valence-electron chi connectivity index (χ3n) is 2.36. The summed E-state index contributed by atoms with van der Waals surface area (Å²) in [6, 6.07) is 0. The fourth-order valence-corrected chi connectivity index (χ4v) is 1.63. The van der Waals surface area contributed by atoms with Gasteiger partial charge in [0.15, 0.2) is 0 Å². The van der Waals surface area contributed by atoms with Crippen LogP contribution in [0.2, 0.25) is 0 Å². The van der Waals surface area contributed by atoms with Gasteiger partial charge in [-0.3, -0.25) is 4.79 Å². The zero-order chi connectivity index (χ0) is 9.14. The molecule has 1 aliphatic carbocycles. The van der Waals surface area contributed by atoms with Crippen LogP contribution in [0.4, 0.5) is 0 Å². The molecule has 0 amide bonds. The number of rotatable bonds is 2. The summed E-state index contributed by atoms with van der Waals surface area (Å²) in [4.78, 5) is 10.8. The highest BCUT2D eigenvalue weighted by Crippen LogP contribution is 2.28. The Kier molecular flexibility index (Phi) is 3.10. The second-order valence-corrected chi connectivity index (χ2v) is 3.66. The van der Waals surface area contributed by atoms with Crippen molar-refractivity contribution in [2.24, 2.45) is 5.92 Å². The number of carbonyl (C=O) groups excluding carboxylic acids is 1. The van der Waals surface area contributed by atoms with E-state index in [9.17, 15) is 4.79 Å². The molecular formula is C10H13ClO. The highest BCUT2D eigenvalue weighted by atomic mass is 35.5. The number of hydrogen-bond donors (Lipinski definition) is 0. The lowest BCUT2D eigenvalue weighted by Crippen LogP contribution is -2.08. The van der Waals surface area contributed by atoms with Crippen LogP contribution in [0.3, 0.4) is 0 Å². The van der Waals surface area contributed by atoms with Crippen molar-refractivity contribution in [3.8, 4) is 0 Å². The average Bonchev–Trinajstić information content (AvgIpc) is 2.04. The number of halogens is 1. The summed E-state index contributed by atoms with van der Waals surface area (Å²) in [6.45, 7) is 5.94. The van der Waals surface area contributed by atoms with Crippen LogP contribution < -0.4 is 0 Å². The van der Waals surface area contributed by atoms with E-state index in [1.54, 1.807) is 0 Å². The Morgan fingerprint density at radius 1 is 1.75 bits per heavy atom. The van der Waals surface area contributed by atoms with Gasteiger partial charge in [0, 0.05) is 5.57 Å². The summed E-state index contributed by atoms with van der Waals surface area (Å²) >= 11 is 5.35. The van der Waals surface area contributed by atoms with E-state index in [0.717, 1.165) is 24.8 Å². The molecule has 0 aromatic heterocycles. The van der Waals surface area contributed by atoms with Gasteiger partial charge in [0.05, 0.1) is 0 Å².